The van der Waals surface area contributed by atoms with E-state index in [4.69, 9.17) is 15.2 Å². The zero-order valence-corrected chi connectivity index (χ0v) is 16.9. The molecule has 0 aliphatic carbocycles. The molecule has 144 valence electrons. The first-order chi connectivity index (χ1) is 12.1. The molecule has 25 heavy (non-hydrogen) atoms. The van der Waals surface area contributed by atoms with Gasteiger partial charge in [0.1, 0.15) is 0 Å². The average molecular weight is 350 g/mol. The lowest BCUT2D eigenvalue weighted by atomic mass is 10.0. The zero-order valence-electron chi connectivity index (χ0n) is 16.9. The highest BCUT2D eigenvalue weighted by Crippen LogP contribution is 2.31. The van der Waals surface area contributed by atoms with Crippen molar-refractivity contribution in [3.05, 3.63) is 18.2 Å². The number of hydrogen-bond acceptors (Lipinski definition) is 3. The molecule has 0 aliphatic rings. The van der Waals surface area contributed by atoms with Crippen molar-refractivity contribution in [1.29, 1.82) is 0 Å². The lowest BCUT2D eigenvalue weighted by molar-refractivity contribution is 0.199. The lowest BCUT2D eigenvalue weighted by Gasteiger charge is -2.20. The van der Waals surface area contributed by atoms with E-state index in [9.17, 15) is 0 Å². The Morgan fingerprint density at radius 1 is 0.800 bits per heavy atom. The molecule has 1 rings (SSSR count). The first-order valence-corrected chi connectivity index (χ1v) is 10.3. The predicted molar refractivity (Wildman–Crippen MR) is 108 cm³/mol. The molecule has 0 saturated heterocycles. The summed E-state index contributed by atoms with van der Waals surface area (Å²) in [7, 11) is 0. The number of benzene rings is 1. The Morgan fingerprint density at radius 2 is 1.32 bits per heavy atom. The van der Waals surface area contributed by atoms with E-state index in [1.54, 1.807) is 0 Å². The van der Waals surface area contributed by atoms with Gasteiger partial charge in [-0.1, -0.05) is 66.2 Å². The third-order valence-corrected chi connectivity index (χ3v) is 5.00. The van der Waals surface area contributed by atoms with Crippen molar-refractivity contribution in [2.75, 3.05) is 18.9 Å². The first kappa shape index (κ1) is 21.7. The summed E-state index contributed by atoms with van der Waals surface area (Å²) in [6.45, 7) is 10.4. The van der Waals surface area contributed by atoms with E-state index in [-0.39, 0.29) is 0 Å². The summed E-state index contributed by atoms with van der Waals surface area (Å²) in [6, 6.07) is 5.74. The van der Waals surface area contributed by atoms with Crippen LogP contribution in [-0.2, 0) is 0 Å². The molecule has 1 aromatic carbocycles. The van der Waals surface area contributed by atoms with Crippen LogP contribution in [0.2, 0.25) is 0 Å². The third kappa shape index (κ3) is 8.51. The smallest absolute Gasteiger partial charge is 0.163 e. The largest absolute Gasteiger partial charge is 0.489 e. The molecule has 2 atom stereocenters. The molecule has 0 fully saturated rings. The van der Waals surface area contributed by atoms with Crippen LogP contribution in [0, 0.1) is 11.8 Å². The summed E-state index contributed by atoms with van der Waals surface area (Å²) in [5.74, 6) is 2.83. The van der Waals surface area contributed by atoms with Gasteiger partial charge in [-0.15, -0.1) is 0 Å². The second kappa shape index (κ2) is 12.9. The van der Waals surface area contributed by atoms with Gasteiger partial charge < -0.3 is 15.2 Å². The molecule has 0 bridgehead atoms. The predicted octanol–water partition coefficient (Wildman–Crippen LogP) is 6.46. The topological polar surface area (TPSA) is 44.5 Å². The van der Waals surface area contributed by atoms with Crippen molar-refractivity contribution < 1.29 is 9.47 Å². The maximum atomic E-state index is 6.11. The van der Waals surface area contributed by atoms with Crippen molar-refractivity contribution in [2.45, 2.75) is 79.1 Å². The van der Waals surface area contributed by atoms with Crippen LogP contribution in [0.3, 0.4) is 0 Å². The number of hydrogen-bond donors (Lipinski definition) is 1. The molecular formula is C22H39NO2. The molecule has 1 aromatic rings. The third-order valence-electron chi connectivity index (χ3n) is 5.00. The SMILES string of the molecule is CCCCC(CC)COc1ccc(N)cc1OCC(CC)CCCC. The highest BCUT2D eigenvalue weighted by atomic mass is 16.5. The molecule has 3 heteroatoms. The van der Waals surface area contributed by atoms with Crippen molar-refractivity contribution in [1.82, 2.24) is 0 Å². The monoisotopic (exact) mass is 349 g/mol. The molecule has 0 amide bonds. The minimum atomic E-state index is 0.599. The molecule has 0 spiro atoms. The minimum absolute atomic E-state index is 0.599. The van der Waals surface area contributed by atoms with E-state index in [1.165, 1.54) is 38.5 Å². The normalized spacial score (nSPS) is 13.4. The molecule has 3 nitrogen and oxygen atoms in total. The molecule has 0 aliphatic heterocycles. The standard InChI is InChI=1S/C22H39NO2/c1-5-9-11-18(7-3)16-24-21-14-13-20(23)15-22(21)25-17-19(8-4)12-10-6-2/h13-15,18-19H,5-12,16-17,23H2,1-4H3. The van der Waals surface area contributed by atoms with Crippen LogP contribution >= 0.6 is 0 Å². The first-order valence-electron chi connectivity index (χ1n) is 10.3. The quantitative estimate of drug-likeness (QED) is 0.392. The lowest BCUT2D eigenvalue weighted by Crippen LogP contribution is -2.14. The van der Waals surface area contributed by atoms with Gasteiger partial charge in [0, 0.05) is 11.8 Å². The summed E-state index contributed by atoms with van der Waals surface area (Å²) in [5, 5.41) is 0. The molecule has 0 heterocycles. The fourth-order valence-corrected chi connectivity index (χ4v) is 2.97. The van der Waals surface area contributed by atoms with E-state index in [0.717, 1.165) is 43.2 Å². The van der Waals surface area contributed by atoms with Crippen LogP contribution in [0.25, 0.3) is 0 Å². The van der Waals surface area contributed by atoms with Gasteiger partial charge in [-0.2, -0.15) is 0 Å². The number of unbranched alkanes of at least 4 members (excludes halogenated alkanes) is 2. The van der Waals surface area contributed by atoms with Crippen molar-refractivity contribution in [3.8, 4) is 11.5 Å². The molecule has 0 saturated carbocycles. The summed E-state index contributed by atoms with van der Waals surface area (Å²) in [4.78, 5) is 0. The molecular weight excluding hydrogens is 310 g/mol. The Balaban J connectivity index is 2.64. The summed E-state index contributed by atoms with van der Waals surface area (Å²) in [5.41, 5.74) is 6.68. The number of ether oxygens (including phenoxy) is 2. The van der Waals surface area contributed by atoms with Gasteiger partial charge in [0.05, 0.1) is 13.2 Å². The molecule has 2 N–H and O–H groups in total. The molecule has 0 aromatic heterocycles. The van der Waals surface area contributed by atoms with Crippen LogP contribution in [0.4, 0.5) is 5.69 Å². The maximum absolute atomic E-state index is 6.11. The highest BCUT2D eigenvalue weighted by Gasteiger charge is 2.13. The highest BCUT2D eigenvalue weighted by molar-refractivity contribution is 5.52. The van der Waals surface area contributed by atoms with Gasteiger partial charge in [0.25, 0.3) is 0 Å². The Morgan fingerprint density at radius 3 is 1.80 bits per heavy atom. The zero-order chi connectivity index (χ0) is 18.5. The van der Waals surface area contributed by atoms with Crippen molar-refractivity contribution in [2.24, 2.45) is 11.8 Å². The van der Waals surface area contributed by atoms with Crippen LogP contribution in [-0.4, -0.2) is 13.2 Å². The van der Waals surface area contributed by atoms with Crippen LogP contribution < -0.4 is 15.2 Å². The summed E-state index contributed by atoms with van der Waals surface area (Å²) in [6.07, 6.45) is 9.75. The number of nitrogens with two attached hydrogens (primary N) is 1. The van der Waals surface area contributed by atoms with E-state index in [2.05, 4.69) is 27.7 Å². The molecule has 2 unspecified atom stereocenters. The van der Waals surface area contributed by atoms with Gasteiger partial charge in [-0.05, 0) is 36.8 Å². The number of anilines is 1. The number of nitrogen functional groups attached to an aromatic ring is 1. The van der Waals surface area contributed by atoms with Gasteiger partial charge in [0.15, 0.2) is 11.5 Å². The van der Waals surface area contributed by atoms with E-state index in [1.807, 2.05) is 18.2 Å². The fourth-order valence-electron chi connectivity index (χ4n) is 2.97. The van der Waals surface area contributed by atoms with E-state index in [0.29, 0.717) is 11.8 Å². The Kier molecular flexibility index (Phi) is 11.2. The van der Waals surface area contributed by atoms with Crippen LogP contribution in [0.5, 0.6) is 11.5 Å². The summed E-state index contributed by atoms with van der Waals surface area (Å²) < 4.78 is 12.2. The Labute approximate surface area is 155 Å². The second-order valence-electron chi connectivity index (χ2n) is 7.16. The summed E-state index contributed by atoms with van der Waals surface area (Å²) >= 11 is 0. The van der Waals surface area contributed by atoms with Crippen molar-refractivity contribution >= 4 is 5.69 Å². The Bertz CT molecular complexity index is 461. The van der Waals surface area contributed by atoms with E-state index >= 15 is 0 Å². The van der Waals surface area contributed by atoms with Gasteiger partial charge in [-0.25, -0.2) is 0 Å². The van der Waals surface area contributed by atoms with Crippen LogP contribution in [0.15, 0.2) is 18.2 Å². The Hall–Kier alpha value is -1.38. The van der Waals surface area contributed by atoms with E-state index < -0.39 is 0 Å². The average Bonchev–Trinajstić information content (AvgIpc) is 2.63. The number of rotatable bonds is 14. The van der Waals surface area contributed by atoms with Gasteiger partial charge >= 0.3 is 0 Å². The second-order valence-corrected chi connectivity index (χ2v) is 7.16. The van der Waals surface area contributed by atoms with Gasteiger partial charge in [-0.3, -0.25) is 0 Å². The van der Waals surface area contributed by atoms with Crippen molar-refractivity contribution in [3.63, 3.8) is 0 Å². The maximum Gasteiger partial charge on any atom is 0.163 e. The van der Waals surface area contributed by atoms with Crippen LogP contribution in [0.1, 0.15) is 79.1 Å². The molecule has 0 radical (unpaired) electrons. The minimum Gasteiger partial charge on any atom is -0.489 e. The fraction of sp³-hybridized carbons (Fsp3) is 0.727. The van der Waals surface area contributed by atoms with Gasteiger partial charge in [0.2, 0.25) is 0 Å².